The third kappa shape index (κ3) is 3.31. The van der Waals surface area contributed by atoms with Crippen molar-refractivity contribution in [1.29, 1.82) is 5.41 Å². The fourth-order valence-electron chi connectivity index (χ4n) is 3.97. The Balaban J connectivity index is 1.94. The molecule has 0 amide bonds. The van der Waals surface area contributed by atoms with Crippen LogP contribution in [0, 0.1) is 5.41 Å². The van der Waals surface area contributed by atoms with Crippen LogP contribution in [0.3, 0.4) is 0 Å². The summed E-state index contributed by atoms with van der Waals surface area (Å²) in [5.74, 6) is -0.352. The molecule has 0 saturated carbocycles. The summed E-state index contributed by atoms with van der Waals surface area (Å²) < 4.78 is 7.29. The molecule has 30 heavy (non-hydrogen) atoms. The number of nitrogens with zero attached hydrogens (tertiary/aromatic N) is 1. The van der Waals surface area contributed by atoms with E-state index in [1.807, 2.05) is 48.0 Å². The van der Waals surface area contributed by atoms with E-state index in [4.69, 9.17) is 21.7 Å². The lowest BCUT2D eigenvalue weighted by Crippen LogP contribution is -2.16. The predicted molar refractivity (Wildman–Crippen MR) is 122 cm³/mol. The van der Waals surface area contributed by atoms with E-state index >= 15 is 0 Å². The maximum atomic E-state index is 12.7. The molecule has 1 heterocycles. The van der Waals surface area contributed by atoms with Crippen LogP contribution in [-0.4, -0.2) is 23.5 Å². The summed E-state index contributed by atoms with van der Waals surface area (Å²) in [7, 11) is 1.93. The van der Waals surface area contributed by atoms with Crippen LogP contribution in [0.4, 0.5) is 0 Å². The second-order valence-electron chi connectivity index (χ2n) is 7.00. The molecule has 0 unspecified atom stereocenters. The fourth-order valence-corrected chi connectivity index (χ4v) is 4.20. The number of rotatable bonds is 6. The molecular weight excluding hydrogens is 398 g/mol. The van der Waals surface area contributed by atoms with Gasteiger partial charge in [0, 0.05) is 28.4 Å². The highest BCUT2D eigenvalue weighted by Gasteiger charge is 2.22. The molecule has 5 nitrogen and oxygen atoms in total. The summed E-state index contributed by atoms with van der Waals surface area (Å²) in [4.78, 5) is 12.7. The van der Waals surface area contributed by atoms with Gasteiger partial charge in [-0.25, -0.2) is 4.79 Å². The molecule has 1 aromatic heterocycles. The monoisotopic (exact) mass is 419 g/mol. The minimum atomic E-state index is -0.352. The Morgan fingerprint density at radius 1 is 1.13 bits per heavy atom. The first kappa shape index (κ1) is 20.0. The molecule has 4 rings (SSSR count). The molecule has 0 saturated heterocycles. The quantitative estimate of drug-likeness (QED) is 0.245. The summed E-state index contributed by atoms with van der Waals surface area (Å²) in [5.41, 5.74) is 4.37. The second-order valence-corrected chi connectivity index (χ2v) is 7.41. The van der Waals surface area contributed by atoms with Gasteiger partial charge in [-0.2, -0.15) is 0 Å². The molecule has 0 fully saturated rings. The van der Waals surface area contributed by atoms with Crippen LogP contribution >= 0.6 is 11.6 Å². The van der Waals surface area contributed by atoms with Crippen molar-refractivity contribution in [1.82, 2.24) is 9.88 Å². The Hall–Kier alpha value is -3.31. The van der Waals surface area contributed by atoms with Crippen molar-refractivity contribution in [3.8, 4) is 11.1 Å². The van der Waals surface area contributed by atoms with Crippen molar-refractivity contribution in [3.05, 3.63) is 70.9 Å². The number of ether oxygens (including phenoxy) is 1. The topological polar surface area (TPSA) is 67.1 Å². The number of carbonyl (C=O) groups is 1. The maximum absolute atomic E-state index is 12.7. The molecule has 0 aliphatic rings. The van der Waals surface area contributed by atoms with Crippen molar-refractivity contribution in [2.24, 2.45) is 7.05 Å². The van der Waals surface area contributed by atoms with Gasteiger partial charge in [-0.05, 0) is 35.6 Å². The molecule has 0 spiro atoms. The van der Waals surface area contributed by atoms with Gasteiger partial charge in [0.25, 0.3) is 0 Å². The van der Waals surface area contributed by atoms with Crippen LogP contribution in [0.1, 0.15) is 23.0 Å². The normalized spacial score (nSPS) is 11.0. The molecule has 152 valence electrons. The lowest BCUT2D eigenvalue weighted by Gasteiger charge is -2.09. The summed E-state index contributed by atoms with van der Waals surface area (Å²) in [6, 6.07) is 18.1. The lowest BCUT2D eigenvalue weighted by atomic mass is 9.97. The Morgan fingerprint density at radius 3 is 2.67 bits per heavy atom. The van der Waals surface area contributed by atoms with Crippen molar-refractivity contribution < 1.29 is 9.53 Å². The smallest absolute Gasteiger partial charge is 0.340 e. The molecule has 2 N–H and O–H groups in total. The Kier molecular flexibility index (Phi) is 5.46. The highest BCUT2D eigenvalue weighted by molar-refractivity contribution is 6.35. The summed E-state index contributed by atoms with van der Waals surface area (Å²) >= 11 is 6.39. The number of aryl methyl sites for hydroxylation is 1. The zero-order valence-corrected chi connectivity index (χ0v) is 17.6. The number of halogens is 1. The molecule has 0 bridgehead atoms. The molecule has 3 aromatic carbocycles. The van der Waals surface area contributed by atoms with Crippen molar-refractivity contribution >= 4 is 45.6 Å². The van der Waals surface area contributed by atoms with Crippen LogP contribution in [0.2, 0.25) is 5.02 Å². The average Bonchev–Trinajstić information content (AvgIpc) is 3.03. The zero-order chi connectivity index (χ0) is 21.3. The van der Waals surface area contributed by atoms with E-state index in [1.165, 1.54) is 0 Å². The summed E-state index contributed by atoms with van der Waals surface area (Å²) in [6.45, 7) is 2.46. The molecule has 0 atom stereocenters. The molecule has 4 aromatic rings. The third-order valence-corrected chi connectivity index (χ3v) is 5.68. The van der Waals surface area contributed by atoms with Crippen LogP contribution in [0.15, 0.2) is 54.6 Å². The van der Waals surface area contributed by atoms with Crippen LogP contribution in [-0.2, 0) is 18.3 Å². The van der Waals surface area contributed by atoms with Gasteiger partial charge in [-0.15, -0.1) is 0 Å². The van der Waals surface area contributed by atoms with Gasteiger partial charge in [0.2, 0.25) is 0 Å². The van der Waals surface area contributed by atoms with E-state index in [2.05, 4.69) is 23.5 Å². The second kappa shape index (κ2) is 8.20. The largest absolute Gasteiger partial charge is 0.462 e. The van der Waals surface area contributed by atoms with E-state index in [0.717, 1.165) is 49.9 Å². The summed E-state index contributed by atoms with van der Waals surface area (Å²) in [5, 5.41) is 13.8. The molecule has 0 radical (unpaired) electrons. The average molecular weight is 420 g/mol. The van der Waals surface area contributed by atoms with E-state index in [9.17, 15) is 4.79 Å². The zero-order valence-electron chi connectivity index (χ0n) is 16.8. The number of fused-ring (bicyclic) bond motifs is 2. The van der Waals surface area contributed by atoms with Gasteiger partial charge in [0.15, 0.2) is 0 Å². The maximum Gasteiger partial charge on any atom is 0.340 e. The van der Waals surface area contributed by atoms with E-state index in [-0.39, 0.29) is 5.97 Å². The standard InChI is InChI=1S/C24H22ClN3O2/c1-3-30-24(29)23-19-11-10-15(12-21(19)28(2)22(23)13-27-14-26)16-6-4-8-18-17(16)7-5-9-20(18)25/h4-12,14H,3,13H2,1-2H3,(H2,26,27). The van der Waals surface area contributed by atoms with Gasteiger partial charge in [-0.1, -0.05) is 54.1 Å². The molecule has 6 heteroatoms. The predicted octanol–water partition coefficient (Wildman–Crippen LogP) is 5.53. The first-order valence-corrected chi connectivity index (χ1v) is 10.1. The van der Waals surface area contributed by atoms with Gasteiger partial charge in [0.1, 0.15) is 0 Å². The van der Waals surface area contributed by atoms with Crippen LogP contribution in [0.25, 0.3) is 32.8 Å². The Labute approximate surface area is 179 Å². The Morgan fingerprint density at radius 2 is 1.90 bits per heavy atom. The van der Waals surface area contributed by atoms with Crippen LogP contribution in [0.5, 0.6) is 0 Å². The van der Waals surface area contributed by atoms with E-state index < -0.39 is 0 Å². The van der Waals surface area contributed by atoms with Crippen molar-refractivity contribution in [3.63, 3.8) is 0 Å². The number of hydrogen-bond donors (Lipinski definition) is 2. The first-order valence-electron chi connectivity index (χ1n) is 9.75. The number of nitrogens with one attached hydrogen (secondary N) is 2. The van der Waals surface area contributed by atoms with Crippen LogP contribution < -0.4 is 5.32 Å². The van der Waals surface area contributed by atoms with Gasteiger partial charge < -0.3 is 14.6 Å². The molecular formula is C24H22ClN3O2. The lowest BCUT2D eigenvalue weighted by molar-refractivity contribution is 0.0527. The fraction of sp³-hybridized carbons (Fsp3) is 0.167. The number of hydrogen-bond acceptors (Lipinski definition) is 3. The first-order chi connectivity index (χ1) is 14.6. The Bertz CT molecular complexity index is 1280. The van der Waals surface area contributed by atoms with Gasteiger partial charge >= 0.3 is 5.97 Å². The minimum absolute atomic E-state index is 0.307. The molecule has 0 aliphatic heterocycles. The molecule has 0 aliphatic carbocycles. The van der Waals surface area contributed by atoms with E-state index in [0.29, 0.717) is 18.7 Å². The number of benzene rings is 3. The number of aromatic nitrogens is 1. The minimum Gasteiger partial charge on any atom is -0.462 e. The van der Waals surface area contributed by atoms with E-state index in [1.54, 1.807) is 6.92 Å². The summed E-state index contributed by atoms with van der Waals surface area (Å²) in [6.07, 6.45) is 1.12. The number of carbonyl (C=O) groups excluding carboxylic acids is 1. The highest BCUT2D eigenvalue weighted by Crippen LogP contribution is 2.35. The van der Waals surface area contributed by atoms with Gasteiger partial charge in [0.05, 0.1) is 30.7 Å². The SMILES string of the molecule is CCOC(=O)c1c(CNC=N)n(C)c2cc(-c3cccc4c(Cl)cccc34)ccc12. The highest BCUT2D eigenvalue weighted by atomic mass is 35.5. The van der Waals surface area contributed by atoms with Crippen molar-refractivity contribution in [2.75, 3.05) is 6.61 Å². The van der Waals surface area contributed by atoms with Gasteiger partial charge in [-0.3, -0.25) is 5.41 Å². The van der Waals surface area contributed by atoms with Crippen molar-refractivity contribution in [2.45, 2.75) is 13.5 Å². The third-order valence-electron chi connectivity index (χ3n) is 5.35. The number of esters is 1.